The van der Waals surface area contributed by atoms with Crippen LogP contribution in [0.3, 0.4) is 0 Å². The molecule has 0 aromatic heterocycles. The number of amides is 4. The maximum Gasteiger partial charge on any atom is 0.335 e. The van der Waals surface area contributed by atoms with Crippen molar-refractivity contribution < 1.29 is 14.4 Å². The zero-order valence-corrected chi connectivity index (χ0v) is 17.3. The molecule has 4 amide bonds. The molecule has 1 aromatic carbocycles. The van der Waals surface area contributed by atoms with Crippen LogP contribution in [0.25, 0.3) is 0 Å². The largest absolute Gasteiger partial charge is 0.335 e. The molecule has 0 aliphatic carbocycles. The van der Waals surface area contributed by atoms with Gasteiger partial charge >= 0.3 is 6.03 Å². The summed E-state index contributed by atoms with van der Waals surface area (Å²) in [7, 11) is 0. The van der Waals surface area contributed by atoms with Crippen molar-refractivity contribution >= 4 is 40.8 Å². The molecule has 28 heavy (non-hydrogen) atoms. The van der Waals surface area contributed by atoms with Gasteiger partial charge in [0.25, 0.3) is 5.91 Å². The first-order chi connectivity index (χ1) is 13.4. The number of aliphatic imine (C=N–C) groups is 1. The second-order valence-corrected chi connectivity index (χ2v) is 6.92. The van der Waals surface area contributed by atoms with E-state index in [9.17, 15) is 14.4 Å². The normalized spacial score (nSPS) is 18.0. The molecule has 1 aromatic rings. The van der Waals surface area contributed by atoms with Crippen LogP contribution in [-0.4, -0.2) is 54.6 Å². The lowest BCUT2D eigenvalue weighted by molar-refractivity contribution is -0.131. The van der Waals surface area contributed by atoms with Crippen LogP contribution < -0.4 is 10.2 Å². The van der Waals surface area contributed by atoms with Crippen molar-refractivity contribution in [2.75, 3.05) is 31.1 Å². The minimum Gasteiger partial charge on any atom is -0.304 e. The molecule has 152 valence electrons. The smallest absolute Gasteiger partial charge is 0.304 e. The second-order valence-electron chi connectivity index (χ2n) is 6.48. The SMILES string of the molecule is CCC(=NCCCN(CC)CC)C1C(=O)NC(=O)N(c2ccc(Cl)cc2)C1=O. The number of anilines is 1. The summed E-state index contributed by atoms with van der Waals surface area (Å²) < 4.78 is 0. The van der Waals surface area contributed by atoms with Gasteiger partial charge in [0.2, 0.25) is 5.91 Å². The van der Waals surface area contributed by atoms with Gasteiger partial charge in [-0.1, -0.05) is 32.4 Å². The Morgan fingerprint density at radius 3 is 2.36 bits per heavy atom. The van der Waals surface area contributed by atoms with E-state index in [4.69, 9.17) is 11.6 Å². The van der Waals surface area contributed by atoms with Crippen LogP contribution in [0.15, 0.2) is 29.3 Å². The Morgan fingerprint density at radius 2 is 1.79 bits per heavy atom. The van der Waals surface area contributed by atoms with Gasteiger partial charge in [-0.25, -0.2) is 9.69 Å². The number of nitrogens with zero attached hydrogens (tertiary/aromatic N) is 3. The van der Waals surface area contributed by atoms with Gasteiger partial charge in [0.1, 0.15) is 0 Å². The maximum absolute atomic E-state index is 13.0. The van der Waals surface area contributed by atoms with Crippen molar-refractivity contribution in [1.29, 1.82) is 0 Å². The zero-order valence-electron chi connectivity index (χ0n) is 16.6. The lowest BCUT2D eigenvalue weighted by Crippen LogP contribution is -2.60. The summed E-state index contributed by atoms with van der Waals surface area (Å²) in [6, 6.07) is 5.56. The third-order valence-corrected chi connectivity index (χ3v) is 5.04. The van der Waals surface area contributed by atoms with E-state index in [1.54, 1.807) is 24.3 Å². The topological polar surface area (TPSA) is 82.1 Å². The number of barbiturate groups is 1. The summed E-state index contributed by atoms with van der Waals surface area (Å²) in [5.41, 5.74) is 0.856. The monoisotopic (exact) mass is 406 g/mol. The molecule has 1 aliphatic rings. The molecule has 0 bridgehead atoms. The average Bonchev–Trinajstić information content (AvgIpc) is 2.67. The van der Waals surface area contributed by atoms with E-state index in [1.165, 1.54) is 0 Å². The number of benzene rings is 1. The summed E-state index contributed by atoms with van der Waals surface area (Å²) in [5.74, 6) is -2.29. The van der Waals surface area contributed by atoms with Gasteiger partial charge in [-0.3, -0.25) is 19.9 Å². The molecule has 8 heteroatoms. The standard InChI is InChI=1S/C20H27ClN4O3/c1-4-16(22-12-7-13-24(5-2)6-3)17-18(26)23-20(28)25(19(17)27)15-10-8-14(21)9-11-15/h8-11,17H,4-7,12-13H2,1-3H3,(H,23,26,28). The van der Waals surface area contributed by atoms with Gasteiger partial charge in [0, 0.05) is 17.3 Å². The molecule has 1 heterocycles. The molecule has 1 atom stereocenters. The lowest BCUT2D eigenvalue weighted by atomic mass is 9.96. The Labute approximate surface area is 170 Å². The number of hydrogen-bond donors (Lipinski definition) is 1. The number of carbonyl (C=O) groups excluding carboxylic acids is 3. The third-order valence-electron chi connectivity index (χ3n) is 4.78. The van der Waals surface area contributed by atoms with Crippen LogP contribution >= 0.6 is 11.6 Å². The van der Waals surface area contributed by atoms with Crippen LogP contribution in [0.1, 0.15) is 33.6 Å². The van der Waals surface area contributed by atoms with Crippen LogP contribution in [0, 0.1) is 5.92 Å². The molecule has 1 N–H and O–H groups in total. The van der Waals surface area contributed by atoms with E-state index < -0.39 is 23.8 Å². The minimum absolute atomic E-state index is 0.362. The van der Waals surface area contributed by atoms with Crippen molar-refractivity contribution in [3.05, 3.63) is 29.3 Å². The summed E-state index contributed by atoms with van der Waals surface area (Å²) in [6.45, 7) is 9.46. The van der Waals surface area contributed by atoms with E-state index in [0.29, 0.717) is 29.4 Å². The Bertz CT molecular complexity index is 744. The Morgan fingerprint density at radius 1 is 1.14 bits per heavy atom. The van der Waals surface area contributed by atoms with Gasteiger partial charge in [0.05, 0.1) is 5.69 Å². The van der Waals surface area contributed by atoms with Gasteiger partial charge in [0.15, 0.2) is 5.92 Å². The van der Waals surface area contributed by atoms with E-state index in [0.717, 1.165) is 31.0 Å². The first-order valence-corrected chi connectivity index (χ1v) is 10.0. The van der Waals surface area contributed by atoms with Gasteiger partial charge in [-0.05, 0) is 56.7 Å². The number of hydrogen-bond acceptors (Lipinski definition) is 5. The fraction of sp³-hybridized carbons (Fsp3) is 0.500. The van der Waals surface area contributed by atoms with Gasteiger partial charge in [-0.15, -0.1) is 0 Å². The van der Waals surface area contributed by atoms with Gasteiger partial charge in [-0.2, -0.15) is 0 Å². The van der Waals surface area contributed by atoms with Gasteiger partial charge < -0.3 is 4.90 Å². The third kappa shape index (κ3) is 5.17. The molecule has 1 aliphatic heterocycles. The summed E-state index contributed by atoms with van der Waals surface area (Å²) in [4.78, 5) is 45.4. The fourth-order valence-corrected chi connectivity index (χ4v) is 3.29. The predicted octanol–water partition coefficient (Wildman–Crippen LogP) is 3.12. The number of halogens is 1. The van der Waals surface area contributed by atoms with Crippen LogP contribution in [0.2, 0.25) is 5.02 Å². The van der Waals surface area contributed by atoms with Crippen molar-refractivity contribution in [1.82, 2.24) is 10.2 Å². The summed E-state index contributed by atoms with van der Waals surface area (Å²) in [5, 5.41) is 2.76. The highest BCUT2D eigenvalue weighted by Gasteiger charge is 2.43. The summed E-state index contributed by atoms with van der Waals surface area (Å²) in [6.07, 6.45) is 1.30. The van der Waals surface area contributed by atoms with Crippen LogP contribution in [-0.2, 0) is 9.59 Å². The van der Waals surface area contributed by atoms with E-state index >= 15 is 0 Å². The van der Waals surface area contributed by atoms with Crippen molar-refractivity contribution in [3.63, 3.8) is 0 Å². The molecular formula is C20H27ClN4O3. The Balaban J connectivity index is 2.17. The number of rotatable bonds is 9. The lowest BCUT2D eigenvalue weighted by Gasteiger charge is -2.30. The first-order valence-electron chi connectivity index (χ1n) is 9.62. The first kappa shape index (κ1) is 22.0. The highest BCUT2D eigenvalue weighted by Crippen LogP contribution is 2.24. The molecule has 7 nitrogen and oxygen atoms in total. The molecule has 0 spiro atoms. The van der Waals surface area contributed by atoms with Crippen molar-refractivity contribution in [2.45, 2.75) is 33.6 Å². The van der Waals surface area contributed by atoms with E-state index in [2.05, 4.69) is 29.1 Å². The maximum atomic E-state index is 13.0. The molecular weight excluding hydrogens is 380 g/mol. The van der Waals surface area contributed by atoms with E-state index in [1.807, 2.05) is 6.92 Å². The van der Waals surface area contributed by atoms with Crippen LogP contribution in [0.4, 0.5) is 10.5 Å². The number of imide groups is 2. The Hall–Kier alpha value is -2.25. The van der Waals surface area contributed by atoms with Crippen molar-refractivity contribution in [3.8, 4) is 0 Å². The second kappa shape index (κ2) is 10.3. The quantitative estimate of drug-likeness (QED) is 0.388. The summed E-state index contributed by atoms with van der Waals surface area (Å²) >= 11 is 5.88. The number of carbonyl (C=O) groups is 3. The molecule has 0 saturated carbocycles. The Kier molecular flexibility index (Phi) is 8.14. The fourth-order valence-electron chi connectivity index (χ4n) is 3.17. The van der Waals surface area contributed by atoms with E-state index in [-0.39, 0.29) is 0 Å². The molecule has 2 rings (SSSR count). The molecule has 1 saturated heterocycles. The number of nitrogens with one attached hydrogen (secondary N) is 1. The predicted molar refractivity (Wildman–Crippen MR) is 111 cm³/mol. The molecule has 1 unspecified atom stereocenters. The highest BCUT2D eigenvalue weighted by molar-refractivity contribution is 6.35. The molecule has 0 radical (unpaired) electrons. The average molecular weight is 407 g/mol. The van der Waals surface area contributed by atoms with Crippen LogP contribution in [0.5, 0.6) is 0 Å². The highest BCUT2D eigenvalue weighted by atomic mass is 35.5. The van der Waals surface area contributed by atoms with Crippen molar-refractivity contribution in [2.24, 2.45) is 10.9 Å². The molecule has 1 fully saturated rings. The zero-order chi connectivity index (χ0) is 20.7. The minimum atomic E-state index is -1.09. The number of urea groups is 1.